The fourth-order valence-corrected chi connectivity index (χ4v) is 3.74. The van der Waals surface area contributed by atoms with E-state index in [1.807, 2.05) is 12.1 Å². The molecule has 2 amide bonds. The summed E-state index contributed by atoms with van der Waals surface area (Å²) in [5.74, 6) is 1.00. The maximum absolute atomic E-state index is 13.3. The number of hydrogen-bond acceptors (Lipinski definition) is 4. The van der Waals surface area contributed by atoms with Gasteiger partial charge in [0.2, 0.25) is 11.8 Å². The van der Waals surface area contributed by atoms with Gasteiger partial charge in [0.05, 0.1) is 19.9 Å². The number of methoxy groups -OCH3 is 1. The molecule has 0 saturated heterocycles. The molecule has 6 heteroatoms. The molecule has 0 radical (unpaired) electrons. The second kappa shape index (κ2) is 9.44. The molecule has 1 saturated carbocycles. The lowest BCUT2D eigenvalue weighted by Gasteiger charge is -2.32. The molecule has 0 spiro atoms. The van der Waals surface area contributed by atoms with Crippen LogP contribution in [-0.4, -0.2) is 29.9 Å². The van der Waals surface area contributed by atoms with Crippen LogP contribution in [0.1, 0.15) is 56.4 Å². The Morgan fingerprint density at radius 3 is 2.46 bits per heavy atom. The molecule has 6 nitrogen and oxygen atoms in total. The first-order chi connectivity index (χ1) is 13.6. The van der Waals surface area contributed by atoms with Crippen LogP contribution in [0.5, 0.6) is 5.75 Å². The molecule has 1 heterocycles. The van der Waals surface area contributed by atoms with Crippen molar-refractivity contribution in [3.63, 3.8) is 0 Å². The van der Waals surface area contributed by atoms with Crippen LogP contribution in [0.25, 0.3) is 0 Å². The Bertz CT molecular complexity index is 764. The van der Waals surface area contributed by atoms with Gasteiger partial charge in [-0.25, -0.2) is 0 Å². The Morgan fingerprint density at radius 2 is 1.89 bits per heavy atom. The minimum Gasteiger partial charge on any atom is -0.497 e. The molecule has 0 aliphatic heterocycles. The Hall–Kier alpha value is -2.76. The van der Waals surface area contributed by atoms with Crippen molar-refractivity contribution in [2.75, 3.05) is 7.11 Å². The monoisotopic (exact) mass is 384 g/mol. The fourth-order valence-electron chi connectivity index (χ4n) is 3.74. The molecule has 1 atom stereocenters. The minimum atomic E-state index is -0.726. The maximum atomic E-state index is 13.3. The first kappa shape index (κ1) is 20.0. The number of furan rings is 1. The number of carbonyl (C=O) groups excluding carboxylic acids is 2. The van der Waals surface area contributed by atoms with Crippen LogP contribution < -0.4 is 10.1 Å². The van der Waals surface area contributed by atoms with Crippen molar-refractivity contribution in [1.82, 2.24) is 10.2 Å². The zero-order chi connectivity index (χ0) is 19.9. The van der Waals surface area contributed by atoms with Gasteiger partial charge in [-0.1, -0.05) is 31.4 Å². The average Bonchev–Trinajstić information content (AvgIpc) is 3.22. The van der Waals surface area contributed by atoms with Crippen LogP contribution in [0, 0.1) is 0 Å². The summed E-state index contributed by atoms with van der Waals surface area (Å²) in [4.78, 5) is 27.3. The van der Waals surface area contributed by atoms with Gasteiger partial charge in [0.1, 0.15) is 17.6 Å². The molecular formula is C22H28N2O4. The van der Waals surface area contributed by atoms with Gasteiger partial charge in [-0.15, -0.1) is 0 Å². The molecule has 1 aromatic carbocycles. The Kier molecular flexibility index (Phi) is 6.74. The zero-order valence-electron chi connectivity index (χ0n) is 16.5. The first-order valence-corrected chi connectivity index (χ1v) is 9.82. The topological polar surface area (TPSA) is 71.8 Å². The lowest BCUT2D eigenvalue weighted by Crippen LogP contribution is -2.46. The van der Waals surface area contributed by atoms with Crippen molar-refractivity contribution in [3.8, 4) is 5.75 Å². The SMILES string of the molecule is COc1ccc(C(C(=O)NC2CCCCC2)N(Cc2ccco2)C(C)=O)cc1. The van der Waals surface area contributed by atoms with Gasteiger partial charge in [0.25, 0.3) is 0 Å². The molecule has 1 unspecified atom stereocenters. The number of benzene rings is 1. The summed E-state index contributed by atoms with van der Waals surface area (Å²) in [7, 11) is 1.60. The number of ether oxygens (including phenoxy) is 1. The summed E-state index contributed by atoms with van der Waals surface area (Å²) >= 11 is 0. The molecule has 2 aromatic rings. The summed E-state index contributed by atoms with van der Waals surface area (Å²) in [6.07, 6.45) is 7.01. The lowest BCUT2D eigenvalue weighted by molar-refractivity contribution is -0.140. The second-order valence-corrected chi connectivity index (χ2v) is 7.25. The quantitative estimate of drug-likeness (QED) is 0.788. The van der Waals surface area contributed by atoms with Crippen LogP contribution in [0.2, 0.25) is 0 Å². The predicted octanol–water partition coefficient (Wildman–Crippen LogP) is 3.83. The van der Waals surface area contributed by atoms with Crippen molar-refractivity contribution in [2.45, 2.75) is 57.7 Å². The van der Waals surface area contributed by atoms with Crippen LogP contribution in [0.4, 0.5) is 0 Å². The molecule has 1 aromatic heterocycles. The molecule has 150 valence electrons. The van der Waals surface area contributed by atoms with E-state index in [-0.39, 0.29) is 24.4 Å². The van der Waals surface area contributed by atoms with Gasteiger partial charge in [-0.3, -0.25) is 9.59 Å². The zero-order valence-corrected chi connectivity index (χ0v) is 16.5. The third kappa shape index (κ3) is 4.94. The van der Waals surface area contributed by atoms with Crippen molar-refractivity contribution < 1.29 is 18.7 Å². The highest BCUT2D eigenvalue weighted by Crippen LogP contribution is 2.27. The average molecular weight is 384 g/mol. The smallest absolute Gasteiger partial charge is 0.247 e. The number of carbonyl (C=O) groups is 2. The summed E-state index contributed by atoms with van der Waals surface area (Å²) in [6, 6.07) is 10.3. The number of nitrogens with zero attached hydrogens (tertiary/aromatic N) is 1. The molecule has 3 rings (SSSR count). The summed E-state index contributed by atoms with van der Waals surface area (Å²) in [6.45, 7) is 1.71. The molecule has 1 N–H and O–H groups in total. The van der Waals surface area contributed by atoms with E-state index >= 15 is 0 Å². The Labute approximate surface area is 165 Å². The number of rotatable bonds is 7. The summed E-state index contributed by atoms with van der Waals surface area (Å²) in [5, 5.41) is 3.17. The van der Waals surface area contributed by atoms with E-state index in [1.54, 1.807) is 42.5 Å². The van der Waals surface area contributed by atoms with E-state index in [1.165, 1.54) is 13.3 Å². The number of hydrogen-bond donors (Lipinski definition) is 1. The second-order valence-electron chi connectivity index (χ2n) is 7.25. The molecule has 1 aliphatic carbocycles. The standard InChI is InChI=1S/C22H28N2O4/c1-16(25)24(15-20-9-6-14-28-20)21(17-10-12-19(27-2)13-11-17)22(26)23-18-7-4-3-5-8-18/h6,9-14,18,21H,3-5,7-8,15H2,1-2H3,(H,23,26). The normalized spacial score (nSPS) is 15.6. The Morgan fingerprint density at radius 1 is 1.18 bits per heavy atom. The van der Waals surface area contributed by atoms with Gasteiger partial charge in [-0.2, -0.15) is 0 Å². The van der Waals surface area contributed by atoms with Crippen LogP contribution in [0.3, 0.4) is 0 Å². The van der Waals surface area contributed by atoms with E-state index in [4.69, 9.17) is 9.15 Å². The summed E-state index contributed by atoms with van der Waals surface area (Å²) in [5.41, 5.74) is 0.746. The highest BCUT2D eigenvalue weighted by Gasteiger charge is 2.32. The van der Waals surface area contributed by atoms with Crippen LogP contribution >= 0.6 is 0 Å². The van der Waals surface area contributed by atoms with E-state index in [0.29, 0.717) is 11.5 Å². The molecular weight excluding hydrogens is 356 g/mol. The molecule has 1 aliphatic rings. The first-order valence-electron chi connectivity index (χ1n) is 9.82. The van der Waals surface area contributed by atoms with E-state index in [9.17, 15) is 9.59 Å². The van der Waals surface area contributed by atoms with Gasteiger partial charge < -0.3 is 19.4 Å². The van der Waals surface area contributed by atoms with Gasteiger partial charge >= 0.3 is 0 Å². The van der Waals surface area contributed by atoms with Gasteiger partial charge in [0, 0.05) is 13.0 Å². The van der Waals surface area contributed by atoms with Gasteiger partial charge in [0.15, 0.2) is 0 Å². The fraction of sp³-hybridized carbons (Fsp3) is 0.455. The highest BCUT2D eigenvalue weighted by molar-refractivity contribution is 5.88. The third-order valence-corrected chi connectivity index (χ3v) is 5.25. The van der Waals surface area contributed by atoms with Crippen molar-refractivity contribution in [1.29, 1.82) is 0 Å². The third-order valence-electron chi connectivity index (χ3n) is 5.25. The number of nitrogens with one attached hydrogen (secondary N) is 1. The van der Waals surface area contributed by atoms with Crippen molar-refractivity contribution >= 4 is 11.8 Å². The van der Waals surface area contributed by atoms with E-state index in [2.05, 4.69) is 5.32 Å². The van der Waals surface area contributed by atoms with Crippen molar-refractivity contribution in [3.05, 3.63) is 54.0 Å². The van der Waals surface area contributed by atoms with Crippen molar-refractivity contribution in [2.24, 2.45) is 0 Å². The highest BCUT2D eigenvalue weighted by atomic mass is 16.5. The largest absolute Gasteiger partial charge is 0.497 e. The minimum absolute atomic E-state index is 0.154. The maximum Gasteiger partial charge on any atom is 0.247 e. The van der Waals surface area contributed by atoms with E-state index < -0.39 is 6.04 Å². The van der Waals surface area contributed by atoms with E-state index in [0.717, 1.165) is 31.2 Å². The lowest BCUT2D eigenvalue weighted by atomic mass is 9.94. The predicted molar refractivity (Wildman–Crippen MR) is 106 cm³/mol. The van der Waals surface area contributed by atoms with Crippen LogP contribution in [-0.2, 0) is 16.1 Å². The molecule has 1 fully saturated rings. The Balaban J connectivity index is 1.88. The molecule has 28 heavy (non-hydrogen) atoms. The summed E-state index contributed by atoms with van der Waals surface area (Å²) < 4.78 is 10.6. The molecule has 0 bridgehead atoms. The number of amides is 2. The van der Waals surface area contributed by atoms with Gasteiger partial charge in [-0.05, 0) is 42.7 Å². The van der Waals surface area contributed by atoms with Crippen LogP contribution in [0.15, 0.2) is 47.1 Å².